The number of rotatable bonds is 7. The van der Waals surface area contributed by atoms with Crippen LogP contribution in [-0.2, 0) is 17.0 Å². The highest BCUT2D eigenvalue weighted by Crippen LogP contribution is 2.19. The van der Waals surface area contributed by atoms with Crippen LogP contribution in [0.3, 0.4) is 0 Å². The lowest BCUT2D eigenvalue weighted by molar-refractivity contribution is 0.587. The second-order valence-electron chi connectivity index (χ2n) is 5.92. The fourth-order valence-corrected chi connectivity index (χ4v) is 7.73. The lowest BCUT2D eigenvalue weighted by Gasteiger charge is -2.25. The van der Waals surface area contributed by atoms with Crippen LogP contribution in [-0.4, -0.2) is 18.8 Å². The van der Waals surface area contributed by atoms with Crippen LogP contribution in [0.15, 0.2) is 60.7 Å². The van der Waals surface area contributed by atoms with Crippen LogP contribution in [0.1, 0.15) is 31.9 Å². The molecule has 0 atom stereocenters. The van der Waals surface area contributed by atoms with Crippen molar-refractivity contribution in [2.75, 3.05) is 0 Å². The van der Waals surface area contributed by atoms with E-state index in [0.29, 0.717) is 0 Å². The molecule has 0 aromatic heterocycles. The average Bonchev–Trinajstić information content (AvgIpc) is 2.65. The van der Waals surface area contributed by atoms with Crippen molar-refractivity contribution in [2.24, 2.45) is 0 Å². The summed E-state index contributed by atoms with van der Waals surface area (Å²) in [6.07, 6.45) is 2.26. The number of aryl methyl sites for hydroxylation is 2. The van der Waals surface area contributed by atoms with E-state index in [4.69, 9.17) is 4.12 Å². The Kier molecular flexibility index (Phi) is 9.84. The molecule has 0 aliphatic rings. The highest BCUT2D eigenvalue weighted by molar-refractivity contribution is 6.75. The van der Waals surface area contributed by atoms with Gasteiger partial charge in [-0.25, -0.2) is 0 Å². The molecule has 0 aliphatic carbocycles. The standard InChI is InChI=1S/C14H14.C6H18OSi2/c1-3-7-13(8-4-1)11-12-14-9-5-2-6-10-14;1-4-9(5-2,6-3)7-8/h1-10H,11-12H2;4-6H2,1-3,8H3. The third kappa shape index (κ3) is 7.29. The molecule has 0 bridgehead atoms. The molecule has 2 aromatic carbocycles. The lowest BCUT2D eigenvalue weighted by atomic mass is 10.0. The van der Waals surface area contributed by atoms with Crippen molar-refractivity contribution in [3.8, 4) is 0 Å². The van der Waals surface area contributed by atoms with Crippen LogP contribution in [0.25, 0.3) is 0 Å². The minimum absolute atomic E-state index is 0.937. The summed E-state index contributed by atoms with van der Waals surface area (Å²) in [4.78, 5) is 0. The molecule has 2 rings (SSSR count). The van der Waals surface area contributed by atoms with Gasteiger partial charge in [0.15, 0.2) is 8.32 Å². The Morgan fingerprint density at radius 1 is 0.696 bits per heavy atom. The van der Waals surface area contributed by atoms with Gasteiger partial charge in [0, 0.05) is 0 Å². The third-order valence-corrected chi connectivity index (χ3v) is 12.1. The van der Waals surface area contributed by atoms with Crippen molar-refractivity contribution in [2.45, 2.75) is 51.7 Å². The van der Waals surface area contributed by atoms with Crippen LogP contribution >= 0.6 is 0 Å². The topological polar surface area (TPSA) is 9.23 Å². The second-order valence-corrected chi connectivity index (χ2v) is 12.0. The quantitative estimate of drug-likeness (QED) is 0.658. The SMILES string of the molecule is CC[Si](CC)(CC)O[SiH3].c1ccc(CCc2ccccc2)cc1. The fourth-order valence-electron chi connectivity index (χ4n) is 2.76. The molecule has 0 amide bonds. The second kappa shape index (κ2) is 11.4. The van der Waals surface area contributed by atoms with E-state index in [1.165, 1.54) is 29.3 Å². The molecule has 2 aromatic rings. The molecule has 23 heavy (non-hydrogen) atoms. The molecule has 0 radical (unpaired) electrons. The molecule has 3 heteroatoms. The van der Waals surface area contributed by atoms with Crippen LogP contribution in [0.5, 0.6) is 0 Å². The first-order valence-electron chi connectivity index (χ1n) is 8.82. The molecule has 0 aliphatic heterocycles. The van der Waals surface area contributed by atoms with Crippen molar-refractivity contribution in [1.29, 1.82) is 0 Å². The first-order chi connectivity index (χ1) is 11.2. The van der Waals surface area contributed by atoms with Gasteiger partial charge in [0.2, 0.25) is 0 Å². The van der Waals surface area contributed by atoms with Gasteiger partial charge in [-0.1, -0.05) is 81.4 Å². The van der Waals surface area contributed by atoms with Crippen LogP contribution in [0, 0.1) is 0 Å². The molecule has 0 N–H and O–H groups in total. The van der Waals surface area contributed by atoms with E-state index in [0.717, 1.165) is 23.3 Å². The molecule has 1 nitrogen and oxygen atoms in total. The molecule has 0 unspecified atom stereocenters. The number of benzene rings is 2. The molecule has 0 saturated heterocycles. The van der Waals surface area contributed by atoms with E-state index < -0.39 is 8.32 Å². The normalized spacial score (nSPS) is 10.9. The van der Waals surface area contributed by atoms with Gasteiger partial charge >= 0.3 is 0 Å². The maximum Gasteiger partial charge on any atom is 0.178 e. The Morgan fingerprint density at radius 2 is 1.04 bits per heavy atom. The Morgan fingerprint density at radius 3 is 1.26 bits per heavy atom. The highest BCUT2D eigenvalue weighted by Gasteiger charge is 2.25. The van der Waals surface area contributed by atoms with Crippen molar-refractivity contribution in [3.63, 3.8) is 0 Å². The molecule has 0 fully saturated rings. The smallest absolute Gasteiger partial charge is 0.178 e. The zero-order valence-corrected chi connectivity index (χ0v) is 18.2. The van der Waals surface area contributed by atoms with Gasteiger partial charge in [0.25, 0.3) is 0 Å². The van der Waals surface area contributed by atoms with Crippen molar-refractivity contribution in [3.05, 3.63) is 71.8 Å². The van der Waals surface area contributed by atoms with Gasteiger partial charge < -0.3 is 4.12 Å². The van der Waals surface area contributed by atoms with E-state index in [1.54, 1.807) is 0 Å². The molecular formula is C20H32OSi2. The minimum atomic E-state index is -1.13. The van der Waals surface area contributed by atoms with Crippen molar-refractivity contribution in [1.82, 2.24) is 0 Å². The average molecular weight is 345 g/mol. The lowest BCUT2D eigenvalue weighted by Crippen LogP contribution is -2.34. The maximum atomic E-state index is 5.66. The fraction of sp³-hybridized carbons (Fsp3) is 0.400. The van der Waals surface area contributed by atoms with E-state index in [9.17, 15) is 0 Å². The summed E-state index contributed by atoms with van der Waals surface area (Å²) >= 11 is 0. The van der Waals surface area contributed by atoms with Crippen LogP contribution < -0.4 is 0 Å². The van der Waals surface area contributed by atoms with Gasteiger partial charge in [-0.15, -0.1) is 0 Å². The highest BCUT2D eigenvalue weighted by atomic mass is 28.4. The van der Waals surface area contributed by atoms with E-state index in [1.807, 2.05) is 0 Å². The number of hydrogen-bond acceptors (Lipinski definition) is 1. The Balaban J connectivity index is 0.000000257. The maximum absolute atomic E-state index is 5.66. The molecule has 126 valence electrons. The Hall–Kier alpha value is -1.17. The van der Waals surface area contributed by atoms with Gasteiger partial charge in [-0.3, -0.25) is 0 Å². The Labute approximate surface area is 146 Å². The van der Waals surface area contributed by atoms with E-state index in [2.05, 4.69) is 81.4 Å². The summed E-state index contributed by atoms with van der Waals surface area (Å²) in [5.41, 5.74) is 2.83. The minimum Gasteiger partial charge on any atom is -0.463 e. The molecule has 0 saturated carbocycles. The molecule has 0 spiro atoms. The van der Waals surface area contributed by atoms with Crippen molar-refractivity contribution < 1.29 is 4.12 Å². The molecule has 0 heterocycles. The van der Waals surface area contributed by atoms with Gasteiger partial charge in [0.05, 0.1) is 0 Å². The van der Waals surface area contributed by atoms with E-state index in [-0.39, 0.29) is 0 Å². The largest absolute Gasteiger partial charge is 0.463 e. The Bertz CT molecular complexity index is 453. The summed E-state index contributed by atoms with van der Waals surface area (Å²) in [5.74, 6) is 0. The third-order valence-electron chi connectivity index (χ3n) is 4.75. The van der Waals surface area contributed by atoms with Crippen LogP contribution in [0.4, 0.5) is 0 Å². The first-order valence-corrected chi connectivity index (χ1v) is 12.2. The van der Waals surface area contributed by atoms with Gasteiger partial charge in [0.1, 0.15) is 10.5 Å². The first kappa shape index (κ1) is 19.9. The predicted molar refractivity (Wildman–Crippen MR) is 109 cm³/mol. The monoisotopic (exact) mass is 344 g/mol. The van der Waals surface area contributed by atoms with Gasteiger partial charge in [-0.05, 0) is 42.1 Å². The summed E-state index contributed by atoms with van der Waals surface area (Å²) in [6, 6.07) is 25.1. The summed E-state index contributed by atoms with van der Waals surface area (Å²) in [6.45, 7) is 6.78. The summed E-state index contributed by atoms with van der Waals surface area (Å²) < 4.78 is 5.66. The van der Waals surface area contributed by atoms with E-state index >= 15 is 0 Å². The van der Waals surface area contributed by atoms with Crippen LogP contribution in [0.2, 0.25) is 18.1 Å². The van der Waals surface area contributed by atoms with Gasteiger partial charge in [-0.2, -0.15) is 0 Å². The zero-order chi connectivity index (χ0) is 17.0. The zero-order valence-electron chi connectivity index (χ0n) is 15.2. The van der Waals surface area contributed by atoms with Crippen molar-refractivity contribution >= 4 is 18.8 Å². The summed E-state index contributed by atoms with van der Waals surface area (Å²) in [7, 11) is -0.193. The number of hydrogen-bond donors (Lipinski definition) is 0. The molecular weight excluding hydrogens is 312 g/mol. The summed E-state index contributed by atoms with van der Waals surface area (Å²) in [5, 5.41) is 0. The predicted octanol–water partition coefficient (Wildman–Crippen LogP) is 4.76.